The minimum absolute atomic E-state index is 0.222. The molecule has 0 bridgehead atoms. The molecule has 0 aromatic heterocycles. The molecular formula is C10H13ClOS. The minimum Gasteiger partial charge on any atom is -0.475 e. The van der Waals surface area contributed by atoms with Gasteiger partial charge in [-0.2, -0.15) is 0 Å². The summed E-state index contributed by atoms with van der Waals surface area (Å²) in [5.41, 5.74) is -0.222. The SMILES string of the molecule is CCC(Cl)Oc1ccc(SC)cc1. The van der Waals surface area contributed by atoms with E-state index in [0.717, 1.165) is 12.2 Å². The molecule has 0 aliphatic heterocycles. The van der Waals surface area contributed by atoms with Crippen molar-refractivity contribution >= 4 is 23.4 Å². The van der Waals surface area contributed by atoms with Crippen molar-refractivity contribution in [2.45, 2.75) is 23.8 Å². The number of halogens is 1. The predicted molar refractivity (Wildman–Crippen MR) is 58.8 cm³/mol. The Labute approximate surface area is 88.4 Å². The number of thioether (sulfide) groups is 1. The fourth-order valence-corrected chi connectivity index (χ4v) is 1.40. The maximum absolute atomic E-state index is 5.85. The second-order valence-electron chi connectivity index (χ2n) is 2.61. The number of hydrogen-bond acceptors (Lipinski definition) is 2. The van der Waals surface area contributed by atoms with Gasteiger partial charge in [0.15, 0.2) is 5.56 Å². The Kier molecular flexibility index (Phi) is 4.46. The summed E-state index contributed by atoms with van der Waals surface area (Å²) >= 11 is 7.56. The summed E-state index contributed by atoms with van der Waals surface area (Å²) < 4.78 is 5.42. The molecule has 0 saturated heterocycles. The standard InChI is InChI=1S/C10H13ClOS/c1-3-10(11)12-8-4-6-9(13-2)7-5-8/h4-7,10H,3H2,1-2H3. The Morgan fingerprint density at radius 2 is 2.00 bits per heavy atom. The molecule has 0 N–H and O–H groups in total. The molecule has 0 radical (unpaired) electrons. The van der Waals surface area contributed by atoms with Crippen molar-refractivity contribution in [1.82, 2.24) is 0 Å². The van der Waals surface area contributed by atoms with E-state index in [4.69, 9.17) is 16.3 Å². The molecule has 1 aromatic rings. The van der Waals surface area contributed by atoms with Gasteiger partial charge in [0.1, 0.15) is 5.75 Å². The molecule has 1 atom stereocenters. The third-order valence-corrected chi connectivity index (χ3v) is 2.79. The fraction of sp³-hybridized carbons (Fsp3) is 0.400. The van der Waals surface area contributed by atoms with Crippen molar-refractivity contribution in [2.75, 3.05) is 6.26 Å². The zero-order valence-corrected chi connectivity index (χ0v) is 9.36. The lowest BCUT2D eigenvalue weighted by Crippen LogP contribution is -2.06. The van der Waals surface area contributed by atoms with Crippen molar-refractivity contribution in [2.24, 2.45) is 0 Å². The number of benzene rings is 1. The van der Waals surface area contributed by atoms with E-state index >= 15 is 0 Å². The number of alkyl halides is 1. The highest BCUT2D eigenvalue weighted by Crippen LogP contribution is 2.20. The van der Waals surface area contributed by atoms with Crippen LogP contribution in [0.1, 0.15) is 13.3 Å². The van der Waals surface area contributed by atoms with Gasteiger partial charge in [-0.3, -0.25) is 0 Å². The summed E-state index contributed by atoms with van der Waals surface area (Å²) in [5.74, 6) is 0.833. The maximum Gasteiger partial charge on any atom is 0.171 e. The molecule has 0 spiro atoms. The van der Waals surface area contributed by atoms with Crippen LogP contribution in [0.15, 0.2) is 29.2 Å². The van der Waals surface area contributed by atoms with Crippen LogP contribution in [-0.4, -0.2) is 11.8 Å². The van der Waals surface area contributed by atoms with E-state index in [-0.39, 0.29) is 5.56 Å². The van der Waals surface area contributed by atoms with Crippen LogP contribution < -0.4 is 4.74 Å². The van der Waals surface area contributed by atoms with Gasteiger partial charge in [0.05, 0.1) is 0 Å². The molecule has 0 amide bonds. The Morgan fingerprint density at radius 1 is 1.38 bits per heavy atom. The summed E-state index contributed by atoms with van der Waals surface area (Å²) in [6.45, 7) is 1.99. The van der Waals surface area contributed by atoms with E-state index in [2.05, 4.69) is 0 Å². The Balaban J connectivity index is 2.58. The van der Waals surface area contributed by atoms with Crippen LogP contribution in [0.4, 0.5) is 0 Å². The van der Waals surface area contributed by atoms with Crippen molar-refractivity contribution in [3.63, 3.8) is 0 Å². The van der Waals surface area contributed by atoms with E-state index in [1.807, 2.05) is 37.4 Å². The van der Waals surface area contributed by atoms with Crippen LogP contribution in [0, 0.1) is 0 Å². The van der Waals surface area contributed by atoms with Gasteiger partial charge in [-0.05, 0) is 36.9 Å². The third kappa shape index (κ3) is 3.49. The third-order valence-electron chi connectivity index (χ3n) is 1.64. The molecule has 1 unspecified atom stereocenters. The number of ether oxygens (including phenoxy) is 1. The second kappa shape index (κ2) is 5.40. The molecule has 0 aliphatic rings. The van der Waals surface area contributed by atoms with Crippen molar-refractivity contribution in [3.05, 3.63) is 24.3 Å². The largest absolute Gasteiger partial charge is 0.475 e. The molecule has 0 heterocycles. The lowest BCUT2D eigenvalue weighted by atomic mass is 10.3. The van der Waals surface area contributed by atoms with Crippen molar-refractivity contribution < 1.29 is 4.74 Å². The Bertz CT molecular complexity index is 248. The van der Waals surface area contributed by atoms with Crippen LogP contribution in [0.25, 0.3) is 0 Å². The second-order valence-corrected chi connectivity index (χ2v) is 3.98. The summed E-state index contributed by atoms with van der Waals surface area (Å²) in [6, 6.07) is 7.94. The monoisotopic (exact) mass is 216 g/mol. The number of rotatable bonds is 4. The minimum atomic E-state index is -0.222. The van der Waals surface area contributed by atoms with E-state index in [9.17, 15) is 0 Å². The lowest BCUT2D eigenvalue weighted by molar-refractivity contribution is 0.277. The normalized spacial score (nSPS) is 12.5. The first-order valence-corrected chi connectivity index (χ1v) is 5.87. The number of hydrogen-bond donors (Lipinski definition) is 0. The fourth-order valence-electron chi connectivity index (χ4n) is 0.885. The molecule has 13 heavy (non-hydrogen) atoms. The van der Waals surface area contributed by atoms with Crippen LogP contribution in [-0.2, 0) is 0 Å². The van der Waals surface area contributed by atoms with E-state index in [1.54, 1.807) is 11.8 Å². The van der Waals surface area contributed by atoms with Gasteiger partial charge in [-0.15, -0.1) is 11.8 Å². The van der Waals surface area contributed by atoms with Crippen LogP contribution in [0.2, 0.25) is 0 Å². The van der Waals surface area contributed by atoms with Crippen LogP contribution >= 0.6 is 23.4 Å². The lowest BCUT2D eigenvalue weighted by Gasteiger charge is -2.10. The van der Waals surface area contributed by atoms with E-state index in [0.29, 0.717) is 0 Å². The van der Waals surface area contributed by atoms with Crippen molar-refractivity contribution in [1.29, 1.82) is 0 Å². The highest BCUT2D eigenvalue weighted by Gasteiger charge is 2.01. The molecule has 0 fully saturated rings. The first kappa shape index (κ1) is 10.7. The molecule has 1 nitrogen and oxygen atoms in total. The molecule has 3 heteroatoms. The van der Waals surface area contributed by atoms with Gasteiger partial charge >= 0.3 is 0 Å². The first-order valence-electron chi connectivity index (χ1n) is 4.21. The van der Waals surface area contributed by atoms with E-state index < -0.39 is 0 Å². The smallest absolute Gasteiger partial charge is 0.171 e. The Morgan fingerprint density at radius 3 is 2.46 bits per heavy atom. The molecular weight excluding hydrogens is 204 g/mol. The van der Waals surface area contributed by atoms with Gasteiger partial charge in [0.25, 0.3) is 0 Å². The van der Waals surface area contributed by atoms with Gasteiger partial charge in [0, 0.05) is 4.90 Å². The van der Waals surface area contributed by atoms with Crippen LogP contribution in [0.5, 0.6) is 5.75 Å². The summed E-state index contributed by atoms with van der Waals surface area (Å²) in [4.78, 5) is 1.23. The average Bonchev–Trinajstić information content (AvgIpc) is 2.19. The topological polar surface area (TPSA) is 9.23 Å². The van der Waals surface area contributed by atoms with E-state index in [1.165, 1.54) is 4.90 Å². The quantitative estimate of drug-likeness (QED) is 0.560. The Hall–Kier alpha value is -0.340. The van der Waals surface area contributed by atoms with Crippen molar-refractivity contribution in [3.8, 4) is 5.75 Å². The molecule has 0 aliphatic carbocycles. The predicted octanol–water partition coefficient (Wildman–Crippen LogP) is 3.76. The molecule has 0 saturated carbocycles. The van der Waals surface area contributed by atoms with Gasteiger partial charge in [0.2, 0.25) is 0 Å². The highest BCUT2D eigenvalue weighted by molar-refractivity contribution is 7.98. The zero-order chi connectivity index (χ0) is 9.68. The molecule has 1 rings (SSSR count). The summed E-state index contributed by atoms with van der Waals surface area (Å²) in [7, 11) is 0. The molecule has 1 aromatic carbocycles. The molecule has 72 valence electrons. The maximum atomic E-state index is 5.85. The van der Waals surface area contributed by atoms with Gasteiger partial charge < -0.3 is 4.74 Å². The van der Waals surface area contributed by atoms with Gasteiger partial charge in [-0.25, -0.2) is 0 Å². The first-order chi connectivity index (χ1) is 6.26. The van der Waals surface area contributed by atoms with Gasteiger partial charge in [-0.1, -0.05) is 18.5 Å². The zero-order valence-electron chi connectivity index (χ0n) is 7.79. The summed E-state index contributed by atoms with van der Waals surface area (Å²) in [5, 5.41) is 0. The van der Waals surface area contributed by atoms with Crippen LogP contribution in [0.3, 0.4) is 0 Å². The average molecular weight is 217 g/mol. The summed E-state index contributed by atoms with van der Waals surface area (Å²) in [6.07, 6.45) is 2.86. The highest BCUT2D eigenvalue weighted by atomic mass is 35.5.